The van der Waals surface area contributed by atoms with Crippen molar-refractivity contribution in [1.29, 1.82) is 5.26 Å². The molecule has 0 N–H and O–H groups in total. The van der Waals surface area contributed by atoms with Crippen molar-refractivity contribution in [2.45, 2.75) is 44.3 Å². The molecule has 0 bridgehead atoms. The van der Waals surface area contributed by atoms with E-state index in [0.29, 0.717) is 13.2 Å². The number of methoxy groups -OCH3 is 1. The minimum atomic E-state index is -0.188. The molecule has 29 heavy (non-hydrogen) atoms. The molecule has 1 aliphatic heterocycles. The average molecular weight is 392 g/mol. The standard InChI is InChI=1S/C25H29NO3/c1-27-20-11-13-21-19(16-20)10-12-22(24(21)17-26)23(25-28-14-15-29-25)9-5-8-18-6-3-2-4-7-18/h2-4,6-7,11,13,16,22-25H,5,8-10,12,14-15H2,1H3. The van der Waals surface area contributed by atoms with Crippen LogP contribution in [0.3, 0.4) is 0 Å². The first-order valence-electron chi connectivity index (χ1n) is 10.6. The second kappa shape index (κ2) is 9.43. The number of fused-ring (bicyclic) bond motifs is 1. The Morgan fingerprint density at radius 3 is 2.66 bits per heavy atom. The van der Waals surface area contributed by atoms with Crippen LogP contribution in [0.25, 0.3) is 0 Å². The predicted molar refractivity (Wildman–Crippen MR) is 112 cm³/mol. The number of benzene rings is 2. The molecular formula is C25H29NO3. The van der Waals surface area contributed by atoms with E-state index in [-0.39, 0.29) is 24.0 Å². The van der Waals surface area contributed by atoms with E-state index in [1.54, 1.807) is 7.11 Å². The molecule has 1 saturated heterocycles. The highest BCUT2D eigenvalue weighted by Crippen LogP contribution is 2.44. The summed E-state index contributed by atoms with van der Waals surface area (Å²) in [6, 6.07) is 19.3. The zero-order valence-electron chi connectivity index (χ0n) is 17.0. The van der Waals surface area contributed by atoms with Crippen molar-refractivity contribution in [2.24, 2.45) is 11.8 Å². The second-order valence-electron chi connectivity index (χ2n) is 8.03. The molecule has 2 aliphatic rings. The molecule has 1 fully saturated rings. The van der Waals surface area contributed by atoms with Crippen molar-refractivity contribution in [2.75, 3.05) is 20.3 Å². The summed E-state index contributed by atoms with van der Waals surface area (Å²) in [6.45, 7) is 1.30. The van der Waals surface area contributed by atoms with Crippen LogP contribution in [0.1, 0.15) is 41.9 Å². The molecule has 2 aromatic carbocycles. The number of rotatable bonds is 7. The summed E-state index contributed by atoms with van der Waals surface area (Å²) >= 11 is 0. The Morgan fingerprint density at radius 2 is 1.93 bits per heavy atom. The third kappa shape index (κ3) is 4.47. The lowest BCUT2D eigenvalue weighted by atomic mass is 9.68. The fourth-order valence-electron chi connectivity index (χ4n) is 4.94. The van der Waals surface area contributed by atoms with Gasteiger partial charge in [0.25, 0.3) is 0 Å². The summed E-state index contributed by atoms with van der Waals surface area (Å²) in [4.78, 5) is 0. The lowest BCUT2D eigenvalue weighted by molar-refractivity contribution is -0.105. The lowest BCUT2D eigenvalue weighted by Crippen LogP contribution is -2.35. The van der Waals surface area contributed by atoms with Crippen molar-refractivity contribution < 1.29 is 14.2 Å². The Balaban J connectivity index is 1.52. The van der Waals surface area contributed by atoms with Crippen molar-refractivity contribution in [3.05, 3.63) is 65.2 Å². The third-order valence-corrected chi connectivity index (χ3v) is 6.39. The van der Waals surface area contributed by atoms with Crippen molar-refractivity contribution in [3.63, 3.8) is 0 Å². The third-order valence-electron chi connectivity index (χ3n) is 6.39. The van der Waals surface area contributed by atoms with E-state index in [1.165, 1.54) is 11.1 Å². The first kappa shape index (κ1) is 19.9. The van der Waals surface area contributed by atoms with Gasteiger partial charge in [-0.1, -0.05) is 36.4 Å². The molecule has 4 nitrogen and oxygen atoms in total. The normalized spacial score (nSPS) is 22.6. The highest BCUT2D eigenvalue weighted by molar-refractivity contribution is 5.42. The fraction of sp³-hybridized carbons (Fsp3) is 0.480. The van der Waals surface area contributed by atoms with Crippen LogP contribution in [0.15, 0.2) is 48.5 Å². The van der Waals surface area contributed by atoms with Gasteiger partial charge in [-0.2, -0.15) is 5.26 Å². The Morgan fingerprint density at radius 1 is 1.14 bits per heavy atom. The minimum absolute atomic E-state index is 0.126. The molecular weight excluding hydrogens is 362 g/mol. The quantitative estimate of drug-likeness (QED) is 0.675. The van der Waals surface area contributed by atoms with Gasteiger partial charge in [-0.15, -0.1) is 0 Å². The zero-order chi connectivity index (χ0) is 20.1. The molecule has 0 amide bonds. The summed E-state index contributed by atoms with van der Waals surface area (Å²) < 4.78 is 17.3. The van der Waals surface area contributed by atoms with Crippen LogP contribution in [0, 0.1) is 23.2 Å². The molecule has 1 heterocycles. The summed E-state index contributed by atoms with van der Waals surface area (Å²) in [5.41, 5.74) is 3.75. The molecule has 0 saturated carbocycles. The number of ether oxygens (including phenoxy) is 3. The van der Waals surface area contributed by atoms with Crippen LogP contribution >= 0.6 is 0 Å². The van der Waals surface area contributed by atoms with E-state index >= 15 is 0 Å². The second-order valence-corrected chi connectivity index (χ2v) is 8.03. The number of aryl methyl sites for hydroxylation is 2. The van der Waals surface area contributed by atoms with Crippen LogP contribution in [-0.2, 0) is 22.3 Å². The SMILES string of the molecule is COc1ccc2c(c1)CCC(C(CCCc1ccccc1)C1OCCO1)C2C#N. The van der Waals surface area contributed by atoms with Gasteiger partial charge >= 0.3 is 0 Å². The highest BCUT2D eigenvalue weighted by Gasteiger charge is 2.40. The fourth-order valence-corrected chi connectivity index (χ4v) is 4.94. The molecule has 3 atom stereocenters. The Labute approximate surface area is 173 Å². The highest BCUT2D eigenvalue weighted by atomic mass is 16.7. The molecule has 4 heteroatoms. The zero-order valence-corrected chi connectivity index (χ0v) is 17.0. The van der Waals surface area contributed by atoms with Crippen LogP contribution in [0.5, 0.6) is 5.75 Å². The van der Waals surface area contributed by atoms with Gasteiger partial charge in [-0.3, -0.25) is 0 Å². The maximum Gasteiger partial charge on any atom is 0.160 e. The molecule has 4 rings (SSSR count). The van der Waals surface area contributed by atoms with Crippen molar-refractivity contribution in [1.82, 2.24) is 0 Å². The van der Waals surface area contributed by atoms with Crippen LogP contribution < -0.4 is 4.74 Å². The average Bonchev–Trinajstić information content (AvgIpc) is 3.31. The van der Waals surface area contributed by atoms with E-state index < -0.39 is 0 Å². The maximum atomic E-state index is 10.1. The summed E-state index contributed by atoms with van der Waals surface area (Å²) in [6.07, 6.45) is 4.89. The van der Waals surface area contributed by atoms with Gasteiger partial charge in [0.2, 0.25) is 0 Å². The minimum Gasteiger partial charge on any atom is -0.497 e. The van der Waals surface area contributed by atoms with E-state index in [1.807, 2.05) is 6.07 Å². The van der Waals surface area contributed by atoms with Gasteiger partial charge in [-0.05, 0) is 66.8 Å². The van der Waals surface area contributed by atoms with Gasteiger partial charge in [0.1, 0.15) is 5.75 Å². The molecule has 0 spiro atoms. The van der Waals surface area contributed by atoms with E-state index in [0.717, 1.165) is 43.4 Å². The van der Waals surface area contributed by atoms with Crippen molar-refractivity contribution >= 4 is 0 Å². The van der Waals surface area contributed by atoms with Crippen LogP contribution in [0.4, 0.5) is 0 Å². The smallest absolute Gasteiger partial charge is 0.160 e. The molecule has 2 aromatic rings. The summed E-state index contributed by atoms with van der Waals surface area (Å²) in [7, 11) is 1.69. The Bertz CT molecular complexity index is 839. The number of hydrogen-bond donors (Lipinski definition) is 0. The molecule has 0 aromatic heterocycles. The van der Waals surface area contributed by atoms with E-state index in [4.69, 9.17) is 14.2 Å². The van der Waals surface area contributed by atoms with Crippen molar-refractivity contribution in [3.8, 4) is 11.8 Å². The molecule has 0 radical (unpaired) electrons. The number of nitrogens with zero attached hydrogens (tertiary/aromatic N) is 1. The van der Waals surface area contributed by atoms with Crippen LogP contribution in [-0.4, -0.2) is 26.6 Å². The van der Waals surface area contributed by atoms with Gasteiger partial charge < -0.3 is 14.2 Å². The monoisotopic (exact) mass is 391 g/mol. The lowest BCUT2D eigenvalue weighted by Gasteiger charge is -2.37. The molecule has 3 unspecified atom stereocenters. The van der Waals surface area contributed by atoms with Gasteiger partial charge in [0.15, 0.2) is 6.29 Å². The van der Waals surface area contributed by atoms with Gasteiger partial charge in [-0.25, -0.2) is 0 Å². The first-order valence-corrected chi connectivity index (χ1v) is 10.6. The predicted octanol–water partition coefficient (Wildman–Crippen LogP) is 4.88. The van der Waals surface area contributed by atoms with E-state index in [9.17, 15) is 5.26 Å². The Kier molecular flexibility index (Phi) is 6.49. The summed E-state index contributed by atoms with van der Waals surface area (Å²) in [5, 5.41) is 10.1. The summed E-state index contributed by atoms with van der Waals surface area (Å²) in [5.74, 6) is 1.22. The molecule has 152 valence electrons. The molecule has 1 aliphatic carbocycles. The largest absolute Gasteiger partial charge is 0.497 e. The van der Waals surface area contributed by atoms with Crippen LogP contribution in [0.2, 0.25) is 0 Å². The van der Waals surface area contributed by atoms with Gasteiger partial charge in [0.05, 0.1) is 32.3 Å². The topological polar surface area (TPSA) is 51.5 Å². The van der Waals surface area contributed by atoms with Gasteiger partial charge in [0, 0.05) is 5.92 Å². The Hall–Kier alpha value is -2.35. The first-order chi connectivity index (χ1) is 14.3. The van der Waals surface area contributed by atoms with E-state index in [2.05, 4.69) is 48.5 Å². The number of hydrogen-bond acceptors (Lipinski definition) is 4. The number of nitriles is 1. The maximum absolute atomic E-state index is 10.1.